The Morgan fingerprint density at radius 1 is 1.47 bits per heavy atom. The van der Waals surface area contributed by atoms with Crippen molar-refractivity contribution in [3.8, 4) is 0 Å². The van der Waals surface area contributed by atoms with E-state index >= 15 is 0 Å². The normalized spacial score (nSPS) is 11.7. The number of nitrogens with zero attached hydrogens (tertiary/aromatic N) is 2. The van der Waals surface area contributed by atoms with E-state index in [2.05, 4.69) is 10.3 Å². The van der Waals surface area contributed by atoms with Gasteiger partial charge in [0.05, 0.1) is 0 Å². The summed E-state index contributed by atoms with van der Waals surface area (Å²) < 4.78 is 0. The molecule has 19 heavy (non-hydrogen) atoms. The van der Waals surface area contributed by atoms with E-state index in [1.807, 2.05) is 20.8 Å². The molecule has 0 aromatic carbocycles. The van der Waals surface area contributed by atoms with Crippen LogP contribution in [-0.2, 0) is 4.79 Å². The summed E-state index contributed by atoms with van der Waals surface area (Å²) in [5.74, 6) is 0.693. The molecule has 0 aliphatic heterocycles. The highest BCUT2D eigenvalue weighted by molar-refractivity contribution is 7.80. The first kappa shape index (κ1) is 15.4. The fourth-order valence-corrected chi connectivity index (χ4v) is 1.84. The fourth-order valence-electron chi connectivity index (χ4n) is 1.72. The Balaban J connectivity index is 2.68. The number of nitrogens with two attached hydrogens (primary N) is 1. The number of carbonyl (C=O) groups is 1. The van der Waals surface area contributed by atoms with Crippen LogP contribution in [0.2, 0.25) is 0 Å². The maximum atomic E-state index is 12.1. The molecule has 3 N–H and O–H groups in total. The number of thiocarbonyl (C=S) groups is 1. The van der Waals surface area contributed by atoms with Crippen molar-refractivity contribution in [1.29, 1.82) is 0 Å². The van der Waals surface area contributed by atoms with Crippen molar-refractivity contribution in [2.24, 2.45) is 5.73 Å². The van der Waals surface area contributed by atoms with Crippen molar-refractivity contribution < 1.29 is 4.79 Å². The molecule has 0 aliphatic rings. The quantitative estimate of drug-likeness (QED) is 0.770. The Morgan fingerprint density at radius 3 is 2.53 bits per heavy atom. The van der Waals surface area contributed by atoms with Crippen LogP contribution in [0.5, 0.6) is 0 Å². The van der Waals surface area contributed by atoms with E-state index in [9.17, 15) is 4.79 Å². The van der Waals surface area contributed by atoms with Crippen LogP contribution in [0.3, 0.4) is 0 Å². The SMILES string of the molecule is CCN(CC)C(=O)C(C)Nc1ccc(C(N)=S)cn1. The topological polar surface area (TPSA) is 71.2 Å². The van der Waals surface area contributed by atoms with Crippen molar-refractivity contribution in [3.05, 3.63) is 23.9 Å². The summed E-state index contributed by atoms with van der Waals surface area (Å²) in [7, 11) is 0. The van der Waals surface area contributed by atoms with Crippen molar-refractivity contribution in [1.82, 2.24) is 9.88 Å². The molecule has 1 unspecified atom stereocenters. The first-order chi connectivity index (χ1) is 8.99. The second-order valence-electron chi connectivity index (χ2n) is 4.17. The zero-order valence-corrected chi connectivity index (χ0v) is 12.3. The van der Waals surface area contributed by atoms with Gasteiger partial charge in [-0.2, -0.15) is 0 Å². The summed E-state index contributed by atoms with van der Waals surface area (Å²) in [6.07, 6.45) is 1.60. The van der Waals surface area contributed by atoms with Gasteiger partial charge < -0.3 is 16.0 Å². The molecule has 0 bridgehead atoms. The monoisotopic (exact) mass is 280 g/mol. The van der Waals surface area contributed by atoms with Gasteiger partial charge in [-0.15, -0.1) is 0 Å². The smallest absolute Gasteiger partial charge is 0.244 e. The number of hydrogen-bond acceptors (Lipinski definition) is 4. The maximum absolute atomic E-state index is 12.1. The van der Waals surface area contributed by atoms with Crippen molar-refractivity contribution >= 4 is 28.9 Å². The number of rotatable bonds is 6. The fraction of sp³-hybridized carbons (Fsp3) is 0.462. The molecule has 5 nitrogen and oxygen atoms in total. The standard InChI is InChI=1S/C13H20N4OS/c1-4-17(5-2)13(18)9(3)16-11-7-6-10(8-15-11)12(14)19/h6-9H,4-5H2,1-3H3,(H2,14,19)(H,15,16). The first-order valence-corrected chi connectivity index (χ1v) is 6.71. The highest BCUT2D eigenvalue weighted by Gasteiger charge is 2.18. The highest BCUT2D eigenvalue weighted by Crippen LogP contribution is 2.08. The summed E-state index contributed by atoms with van der Waals surface area (Å²) in [4.78, 5) is 18.4. The Morgan fingerprint density at radius 2 is 2.11 bits per heavy atom. The van der Waals surface area contributed by atoms with E-state index in [1.165, 1.54) is 0 Å². The predicted molar refractivity (Wildman–Crippen MR) is 81.1 cm³/mol. The zero-order chi connectivity index (χ0) is 14.4. The molecule has 0 spiro atoms. The molecule has 0 fully saturated rings. The van der Waals surface area contributed by atoms with E-state index in [0.717, 1.165) is 0 Å². The highest BCUT2D eigenvalue weighted by atomic mass is 32.1. The number of aromatic nitrogens is 1. The molecule has 1 amide bonds. The largest absolute Gasteiger partial charge is 0.389 e. The molecule has 1 aromatic rings. The lowest BCUT2D eigenvalue weighted by Gasteiger charge is -2.23. The van der Waals surface area contributed by atoms with Crippen molar-refractivity contribution in [3.63, 3.8) is 0 Å². The summed E-state index contributed by atoms with van der Waals surface area (Å²) in [6, 6.07) is 3.23. The summed E-state index contributed by atoms with van der Waals surface area (Å²) in [6.45, 7) is 7.15. The van der Waals surface area contributed by atoms with Gasteiger partial charge in [0.2, 0.25) is 5.91 Å². The van der Waals surface area contributed by atoms with Gasteiger partial charge in [-0.05, 0) is 32.9 Å². The molecule has 0 aliphatic carbocycles. The molecule has 0 saturated heterocycles. The lowest BCUT2D eigenvalue weighted by atomic mass is 10.2. The van der Waals surface area contributed by atoms with Crippen LogP contribution >= 0.6 is 12.2 Å². The van der Waals surface area contributed by atoms with Crippen LogP contribution in [0, 0.1) is 0 Å². The molecular formula is C13H20N4OS. The van der Waals surface area contributed by atoms with Gasteiger partial charge in [0.25, 0.3) is 0 Å². The van der Waals surface area contributed by atoms with Gasteiger partial charge in [-0.3, -0.25) is 4.79 Å². The molecule has 0 radical (unpaired) electrons. The van der Waals surface area contributed by atoms with Gasteiger partial charge >= 0.3 is 0 Å². The second kappa shape index (κ2) is 7.04. The third-order valence-corrected chi connectivity index (χ3v) is 3.09. The van der Waals surface area contributed by atoms with Crippen molar-refractivity contribution in [2.45, 2.75) is 26.8 Å². The average molecular weight is 280 g/mol. The van der Waals surface area contributed by atoms with Crippen LogP contribution in [0.1, 0.15) is 26.3 Å². The Kier molecular flexibility index (Phi) is 5.69. The van der Waals surface area contributed by atoms with E-state index in [0.29, 0.717) is 29.5 Å². The summed E-state index contributed by atoms with van der Waals surface area (Å²) >= 11 is 4.86. The molecule has 1 atom stereocenters. The number of likely N-dealkylation sites (N-methyl/N-ethyl adjacent to an activating group) is 1. The second-order valence-corrected chi connectivity index (χ2v) is 4.61. The van der Waals surface area contributed by atoms with Crippen molar-refractivity contribution in [2.75, 3.05) is 18.4 Å². The molecule has 1 rings (SSSR count). The van der Waals surface area contributed by atoms with Gasteiger partial charge in [0.15, 0.2) is 0 Å². The van der Waals surface area contributed by atoms with Gasteiger partial charge in [-0.1, -0.05) is 12.2 Å². The van der Waals surface area contributed by atoms with E-state index in [1.54, 1.807) is 23.2 Å². The number of pyridine rings is 1. The van der Waals surface area contributed by atoms with Crippen LogP contribution < -0.4 is 11.1 Å². The predicted octanol–water partition coefficient (Wildman–Crippen LogP) is 1.38. The van der Waals surface area contributed by atoms with E-state index in [4.69, 9.17) is 18.0 Å². The third kappa shape index (κ3) is 4.17. The lowest BCUT2D eigenvalue weighted by Crippen LogP contribution is -2.41. The average Bonchev–Trinajstić information content (AvgIpc) is 2.40. The zero-order valence-electron chi connectivity index (χ0n) is 11.5. The van der Waals surface area contributed by atoms with Crippen LogP contribution in [0.25, 0.3) is 0 Å². The van der Waals surface area contributed by atoms with Crippen LogP contribution in [-0.4, -0.2) is 39.9 Å². The first-order valence-electron chi connectivity index (χ1n) is 6.30. The molecule has 1 heterocycles. The molecular weight excluding hydrogens is 260 g/mol. The number of hydrogen-bond donors (Lipinski definition) is 2. The Labute approximate surface area is 119 Å². The van der Waals surface area contributed by atoms with Gasteiger partial charge in [0.1, 0.15) is 16.8 Å². The molecule has 6 heteroatoms. The Hall–Kier alpha value is -1.69. The number of nitrogens with one attached hydrogen (secondary N) is 1. The summed E-state index contributed by atoms with van der Waals surface area (Å²) in [5, 5.41) is 3.07. The molecule has 1 aromatic heterocycles. The van der Waals surface area contributed by atoms with Gasteiger partial charge in [0, 0.05) is 24.8 Å². The maximum Gasteiger partial charge on any atom is 0.244 e. The molecule has 104 valence electrons. The third-order valence-electron chi connectivity index (χ3n) is 2.86. The van der Waals surface area contributed by atoms with E-state index < -0.39 is 0 Å². The van der Waals surface area contributed by atoms with E-state index in [-0.39, 0.29) is 11.9 Å². The minimum atomic E-state index is -0.317. The summed E-state index contributed by atoms with van der Waals surface area (Å²) in [5.41, 5.74) is 6.21. The Bertz CT molecular complexity index is 442. The number of carbonyl (C=O) groups excluding carboxylic acids is 1. The number of anilines is 1. The number of amides is 1. The minimum absolute atomic E-state index is 0.0604. The molecule has 0 saturated carbocycles. The minimum Gasteiger partial charge on any atom is -0.389 e. The van der Waals surface area contributed by atoms with Crippen LogP contribution in [0.15, 0.2) is 18.3 Å². The van der Waals surface area contributed by atoms with Gasteiger partial charge in [-0.25, -0.2) is 4.98 Å². The lowest BCUT2D eigenvalue weighted by molar-refractivity contribution is -0.131. The van der Waals surface area contributed by atoms with Crippen LogP contribution in [0.4, 0.5) is 5.82 Å².